The van der Waals surface area contributed by atoms with E-state index in [2.05, 4.69) is 0 Å². The lowest BCUT2D eigenvalue weighted by molar-refractivity contribution is -0.135. The predicted octanol–water partition coefficient (Wildman–Crippen LogP) is 4.00. The number of amides is 1. The molecule has 1 fully saturated rings. The fourth-order valence-electron chi connectivity index (χ4n) is 3.65. The van der Waals surface area contributed by atoms with Gasteiger partial charge < -0.3 is 19.5 Å². The number of aromatic carboxylic acids is 1. The van der Waals surface area contributed by atoms with Crippen LogP contribution in [-0.4, -0.2) is 47.2 Å². The van der Waals surface area contributed by atoms with E-state index in [1.165, 1.54) is 12.1 Å². The van der Waals surface area contributed by atoms with E-state index in [0.29, 0.717) is 31.9 Å². The van der Waals surface area contributed by atoms with E-state index >= 15 is 0 Å². The third kappa shape index (κ3) is 5.83. The Labute approximate surface area is 177 Å². The van der Waals surface area contributed by atoms with Gasteiger partial charge in [0, 0.05) is 13.0 Å². The molecule has 1 aliphatic rings. The minimum absolute atomic E-state index is 0.111. The SMILES string of the molecule is CC(C)CC(=O)N1CC[C@H](OCc2ccccc2)[C@H]1COc1ccc(C(=O)O)cc1. The number of carboxylic acid groups (broad SMARTS) is 1. The molecule has 1 amide bonds. The lowest BCUT2D eigenvalue weighted by Crippen LogP contribution is -2.44. The van der Waals surface area contributed by atoms with E-state index in [0.717, 1.165) is 12.0 Å². The maximum atomic E-state index is 12.8. The van der Waals surface area contributed by atoms with Crippen molar-refractivity contribution in [1.29, 1.82) is 0 Å². The molecule has 160 valence electrons. The zero-order valence-electron chi connectivity index (χ0n) is 17.5. The van der Waals surface area contributed by atoms with Crippen LogP contribution in [0.1, 0.15) is 42.6 Å². The van der Waals surface area contributed by atoms with E-state index in [9.17, 15) is 9.59 Å². The maximum absolute atomic E-state index is 12.8. The molecule has 3 rings (SSSR count). The monoisotopic (exact) mass is 411 g/mol. The van der Waals surface area contributed by atoms with Gasteiger partial charge in [0.2, 0.25) is 5.91 Å². The predicted molar refractivity (Wildman–Crippen MR) is 113 cm³/mol. The summed E-state index contributed by atoms with van der Waals surface area (Å²) in [7, 11) is 0. The van der Waals surface area contributed by atoms with Crippen LogP contribution in [0.15, 0.2) is 54.6 Å². The van der Waals surface area contributed by atoms with E-state index in [1.807, 2.05) is 49.1 Å². The van der Waals surface area contributed by atoms with Crippen LogP contribution in [0.2, 0.25) is 0 Å². The molecular weight excluding hydrogens is 382 g/mol. The molecule has 30 heavy (non-hydrogen) atoms. The zero-order chi connectivity index (χ0) is 21.5. The number of carboxylic acids is 1. The molecule has 6 heteroatoms. The fraction of sp³-hybridized carbons (Fsp3) is 0.417. The Kier molecular flexibility index (Phi) is 7.46. The Morgan fingerprint density at radius 2 is 1.80 bits per heavy atom. The number of rotatable bonds is 9. The average Bonchev–Trinajstić information content (AvgIpc) is 3.14. The second-order valence-corrected chi connectivity index (χ2v) is 8.02. The van der Waals surface area contributed by atoms with Gasteiger partial charge in [0.15, 0.2) is 0 Å². The van der Waals surface area contributed by atoms with Crippen LogP contribution in [0, 0.1) is 5.92 Å². The van der Waals surface area contributed by atoms with Gasteiger partial charge in [-0.3, -0.25) is 4.79 Å². The summed E-state index contributed by atoms with van der Waals surface area (Å²) in [6, 6.07) is 16.1. The van der Waals surface area contributed by atoms with Gasteiger partial charge in [-0.2, -0.15) is 0 Å². The molecule has 1 saturated heterocycles. The smallest absolute Gasteiger partial charge is 0.335 e. The van der Waals surface area contributed by atoms with Gasteiger partial charge in [-0.25, -0.2) is 4.79 Å². The Bertz CT molecular complexity index is 834. The summed E-state index contributed by atoms with van der Waals surface area (Å²) >= 11 is 0. The molecule has 0 saturated carbocycles. The van der Waals surface area contributed by atoms with Crippen molar-refractivity contribution < 1.29 is 24.2 Å². The number of likely N-dealkylation sites (tertiary alicyclic amines) is 1. The van der Waals surface area contributed by atoms with Crippen molar-refractivity contribution in [2.75, 3.05) is 13.2 Å². The van der Waals surface area contributed by atoms with Crippen molar-refractivity contribution in [3.63, 3.8) is 0 Å². The lowest BCUT2D eigenvalue weighted by Gasteiger charge is -2.29. The lowest BCUT2D eigenvalue weighted by atomic mass is 10.1. The van der Waals surface area contributed by atoms with E-state index in [-0.39, 0.29) is 29.5 Å². The van der Waals surface area contributed by atoms with Gasteiger partial charge >= 0.3 is 5.97 Å². The van der Waals surface area contributed by atoms with Crippen LogP contribution >= 0.6 is 0 Å². The topological polar surface area (TPSA) is 76.1 Å². The van der Waals surface area contributed by atoms with Crippen LogP contribution in [-0.2, 0) is 16.1 Å². The van der Waals surface area contributed by atoms with Crippen LogP contribution in [0.25, 0.3) is 0 Å². The Morgan fingerprint density at radius 3 is 2.43 bits per heavy atom. The van der Waals surface area contributed by atoms with Gasteiger partial charge in [-0.1, -0.05) is 44.2 Å². The molecule has 0 radical (unpaired) electrons. The molecule has 1 N–H and O–H groups in total. The van der Waals surface area contributed by atoms with Crippen molar-refractivity contribution >= 4 is 11.9 Å². The summed E-state index contributed by atoms with van der Waals surface area (Å²) in [5.41, 5.74) is 1.30. The van der Waals surface area contributed by atoms with Gasteiger partial charge in [0.1, 0.15) is 12.4 Å². The van der Waals surface area contributed by atoms with Crippen molar-refractivity contribution in [2.24, 2.45) is 5.92 Å². The molecule has 0 aliphatic carbocycles. The van der Waals surface area contributed by atoms with Crippen LogP contribution in [0.4, 0.5) is 0 Å². The normalized spacial score (nSPS) is 18.6. The van der Waals surface area contributed by atoms with Crippen molar-refractivity contribution in [3.8, 4) is 5.75 Å². The first-order valence-corrected chi connectivity index (χ1v) is 10.3. The van der Waals surface area contributed by atoms with Gasteiger partial charge in [0.05, 0.1) is 24.3 Å². The quantitative estimate of drug-likeness (QED) is 0.675. The molecular formula is C24H29NO5. The van der Waals surface area contributed by atoms with Crippen molar-refractivity contribution in [1.82, 2.24) is 4.90 Å². The van der Waals surface area contributed by atoms with Crippen LogP contribution in [0.5, 0.6) is 5.75 Å². The first-order valence-electron chi connectivity index (χ1n) is 10.3. The number of hydrogen-bond acceptors (Lipinski definition) is 4. The Morgan fingerprint density at radius 1 is 1.10 bits per heavy atom. The summed E-state index contributed by atoms with van der Waals surface area (Å²) in [6.45, 7) is 5.51. The first-order chi connectivity index (χ1) is 14.4. The zero-order valence-corrected chi connectivity index (χ0v) is 17.5. The third-order valence-electron chi connectivity index (χ3n) is 5.22. The maximum Gasteiger partial charge on any atom is 0.335 e. The molecule has 6 nitrogen and oxygen atoms in total. The Balaban J connectivity index is 1.67. The molecule has 2 aromatic rings. The second-order valence-electron chi connectivity index (χ2n) is 8.02. The number of benzene rings is 2. The molecule has 0 aromatic heterocycles. The second kappa shape index (κ2) is 10.3. The number of carbonyl (C=O) groups excluding carboxylic acids is 1. The third-order valence-corrected chi connectivity index (χ3v) is 5.22. The summed E-state index contributed by atoms with van der Waals surface area (Å²) < 4.78 is 12.1. The average molecular weight is 411 g/mol. The van der Waals surface area contributed by atoms with Crippen molar-refractivity contribution in [3.05, 3.63) is 65.7 Å². The number of ether oxygens (including phenoxy) is 2. The largest absolute Gasteiger partial charge is 0.491 e. The molecule has 0 bridgehead atoms. The van der Waals surface area contributed by atoms with E-state index < -0.39 is 5.97 Å². The van der Waals surface area contributed by atoms with Crippen molar-refractivity contribution in [2.45, 2.75) is 45.4 Å². The van der Waals surface area contributed by atoms with Crippen LogP contribution < -0.4 is 4.74 Å². The number of carbonyl (C=O) groups is 2. The molecule has 2 aromatic carbocycles. The van der Waals surface area contributed by atoms with Crippen LogP contribution in [0.3, 0.4) is 0 Å². The van der Waals surface area contributed by atoms with Gasteiger partial charge in [0.25, 0.3) is 0 Å². The summed E-state index contributed by atoms with van der Waals surface area (Å²) in [6.07, 6.45) is 1.15. The summed E-state index contributed by atoms with van der Waals surface area (Å²) in [4.78, 5) is 25.7. The van der Waals surface area contributed by atoms with E-state index in [1.54, 1.807) is 12.1 Å². The highest BCUT2D eigenvalue weighted by Gasteiger charge is 2.38. The number of nitrogens with zero attached hydrogens (tertiary/aromatic N) is 1. The fourth-order valence-corrected chi connectivity index (χ4v) is 3.65. The van der Waals surface area contributed by atoms with Gasteiger partial charge in [-0.15, -0.1) is 0 Å². The number of hydrogen-bond donors (Lipinski definition) is 1. The standard InChI is InChI=1S/C24H29NO5/c1-17(2)14-23(26)25-13-12-22(30-15-18-6-4-3-5-7-18)21(25)16-29-20-10-8-19(9-11-20)24(27)28/h3-11,17,21-22H,12-16H2,1-2H3,(H,27,28)/t21-,22+/m1/s1. The summed E-state index contributed by atoms with van der Waals surface area (Å²) in [5, 5.41) is 9.03. The van der Waals surface area contributed by atoms with Gasteiger partial charge in [-0.05, 0) is 42.2 Å². The molecule has 2 atom stereocenters. The highest BCUT2D eigenvalue weighted by Crippen LogP contribution is 2.25. The Hall–Kier alpha value is -2.86. The molecule has 0 spiro atoms. The van der Waals surface area contributed by atoms with E-state index in [4.69, 9.17) is 14.6 Å². The summed E-state index contributed by atoms with van der Waals surface area (Å²) in [5.74, 6) is -0.000279. The highest BCUT2D eigenvalue weighted by molar-refractivity contribution is 5.87. The molecule has 1 heterocycles. The first kappa shape index (κ1) is 21.8. The highest BCUT2D eigenvalue weighted by atomic mass is 16.5. The minimum atomic E-state index is -0.975. The minimum Gasteiger partial charge on any atom is -0.491 e. The molecule has 0 unspecified atom stereocenters. The molecule has 1 aliphatic heterocycles.